The predicted molar refractivity (Wildman–Crippen MR) is 82.7 cm³/mol. The van der Waals surface area contributed by atoms with Crippen LogP contribution in [-0.2, 0) is 0 Å². The fourth-order valence-electron chi connectivity index (χ4n) is 2.76. The molecule has 0 aliphatic heterocycles. The van der Waals surface area contributed by atoms with Gasteiger partial charge in [-0.2, -0.15) is 5.26 Å². The summed E-state index contributed by atoms with van der Waals surface area (Å²) in [6, 6.07) is 14.2. The molecule has 0 bridgehead atoms. The van der Waals surface area contributed by atoms with Crippen molar-refractivity contribution in [3.63, 3.8) is 0 Å². The number of nitrogens with zero attached hydrogens (tertiary/aromatic N) is 3. The van der Waals surface area contributed by atoms with E-state index in [0.717, 1.165) is 24.1 Å². The van der Waals surface area contributed by atoms with E-state index >= 15 is 0 Å². The van der Waals surface area contributed by atoms with Crippen LogP contribution >= 0.6 is 0 Å². The molecule has 2 aromatic rings. The van der Waals surface area contributed by atoms with Gasteiger partial charge in [0.15, 0.2) is 0 Å². The topological polar surface area (TPSA) is 61.6 Å². The molecule has 1 N–H and O–H groups in total. The minimum Gasteiger partial charge on any atom is -0.351 e. The molecule has 0 radical (unpaired) electrons. The lowest BCUT2D eigenvalue weighted by atomic mass is 9.96. The summed E-state index contributed by atoms with van der Waals surface area (Å²) >= 11 is 0. The van der Waals surface area contributed by atoms with Crippen molar-refractivity contribution in [1.29, 1.82) is 5.26 Å². The van der Waals surface area contributed by atoms with Crippen LogP contribution in [0, 0.1) is 11.3 Å². The quantitative estimate of drug-likeness (QED) is 0.928. The SMILES string of the molecule is N#Cc1cc(-c2ccccc2)nc(NC2CCCCC2)n1. The van der Waals surface area contributed by atoms with Crippen molar-refractivity contribution in [1.82, 2.24) is 9.97 Å². The lowest BCUT2D eigenvalue weighted by Crippen LogP contribution is -2.23. The second-order valence-corrected chi connectivity index (χ2v) is 5.42. The van der Waals surface area contributed by atoms with E-state index in [9.17, 15) is 5.26 Å². The standard InChI is InChI=1S/C17H18N4/c18-12-15-11-16(13-7-3-1-4-8-13)21-17(20-15)19-14-9-5-2-6-10-14/h1,3-4,7-8,11,14H,2,5-6,9-10H2,(H,19,20,21). The van der Waals surface area contributed by atoms with Gasteiger partial charge in [-0.1, -0.05) is 49.6 Å². The molecule has 21 heavy (non-hydrogen) atoms. The highest BCUT2D eigenvalue weighted by Crippen LogP contribution is 2.22. The molecular weight excluding hydrogens is 260 g/mol. The van der Waals surface area contributed by atoms with Crippen LogP contribution in [0.5, 0.6) is 0 Å². The third kappa shape index (κ3) is 3.38. The van der Waals surface area contributed by atoms with E-state index < -0.39 is 0 Å². The number of hydrogen-bond acceptors (Lipinski definition) is 4. The van der Waals surface area contributed by atoms with Gasteiger partial charge in [-0.3, -0.25) is 0 Å². The molecule has 4 heteroatoms. The summed E-state index contributed by atoms with van der Waals surface area (Å²) in [6.45, 7) is 0. The molecule has 1 saturated carbocycles. The van der Waals surface area contributed by atoms with Crippen LogP contribution < -0.4 is 5.32 Å². The lowest BCUT2D eigenvalue weighted by molar-refractivity contribution is 0.461. The molecule has 0 spiro atoms. The van der Waals surface area contributed by atoms with Gasteiger partial charge in [0.25, 0.3) is 0 Å². The normalized spacial score (nSPS) is 15.4. The van der Waals surface area contributed by atoms with Crippen LogP contribution in [0.2, 0.25) is 0 Å². The average molecular weight is 278 g/mol. The number of nitrogens with one attached hydrogen (secondary N) is 1. The van der Waals surface area contributed by atoms with E-state index in [2.05, 4.69) is 21.4 Å². The van der Waals surface area contributed by atoms with E-state index in [0.29, 0.717) is 17.7 Å². The molecular formula is C17H18N4. The Morgan fingerprint density at radius 3 is 2.52 bits per heavy atom. The Balaban J connectivity index is 1.88. The molecule has 3 rings (SSSR count). The van der Waals surface area contributed by atoms with Gasteiger partial charge in [-0.15, -0.1) is 0 Å². The molecule has 0 unspecified atom stereocenters. The molecule has 1 fully saturated rings. The zero-order chi connectivity index (χ0) is 14.5. The molecule has 0 atom stereocenters. The van der Waals surface area contributed by atoms with Gasteiger partial charge in [-0.25, -0.2) is 9.97 Å². The minimum absolute atomic E-state index is 0.405. The fourth-order valence-corrected chi connectivity index (χ4v) is 2.76. The van der Waals surface area contributed by atoms with Gasteiger partial charge in [0.1, 0.15) is 11.8 Å². The second kappa shape index (κ2) is 6.36. The Bertz CT molecular complexity index is 640. The molecule has 1 aliphatic carbocycles. The number of nitriles is 1. The molecule has 4 nitrogen and oxygen atoms in total. The number of aromatic nitrogens is 2. The molecule has 1 aromatic heterocycles. The van der Waals surface area contributed by atoms with E-state index in [1.807, 2.05) is 30.3 Å². The van der Waals surface area contributed by atoms with Crippen molar-refractivity contribution in [3.8, 4) is 17.3 Å². The number of hydrogen-bond donors (Lipinski definition) is 1. The second-order valence-electron chi connectivity index (χ2n) is 5.42. The Hall–Kier alpha value is -2.41. The molecule has 1 aromatic carbocycles. The Morgan fingerprint density at radius 2 is 1.81 bits per heavy atom. The predicted octanol–water partition coefficient (Wildman–Crippen LogP) is 3.76. The maximum absolute atomic E-state index is 9.17. The van der Waals surface area contributed by atoms with Crippen molar-refractivity contribution in [3.05, 3.63) is 42.1 Å². The summed E-state index contributed by atoms with van der Waals surface area (Å²) in [5.74, 6) is 0.569. The summed E-state index contributed by atoms with van der Waals surface area (Å²) in [4.78, 5) is 8.86. The molecule has 1 heterocycles. The maximum Gasteiger partial charge on any atom is 0.224 e. The molecule has 0 amide bonds. The van der Waals surface area contributed by atoms with E-state index in [1.165, 1.54) is 19.3 Å². The third-order valence-corrected chi connectivity index (χ3v) is 3.85. The summed E-state index contributed by atoms with van der Waals surface area (Å²) in [6.07, 6.45) is 6.12. The molecule has 0 saturated heterocycles. The van der Waals surface area contributed by atoms with Crippen LogP contribution in [0.25, 0.3) is 11.3 Å². The first-order valence-electron chi connectivity index (χ1n) is 7.46. The van der Waals surface area contributed by atoms with Crippen molar-refractivity contribution in [2.24, 2.45) is 0 Å². The van der Waals surface area contributed by atoms with Crippen molar-refractivity contribution < 1.29 is 0 Å². The van der Waals surface area contributed by atoms with Gasteiger partial charge in [-0.05, 0) is 12.8 Å². The highest BCUT2D eigenvalue weighted by atomic mass is 15.1. The van der Waals surface area contributed by atoms with Crippen LogP contribution in [0.15, 0.2) is 36.4 Å². The number of rotatable bonds is 3. The van der Waals surface area contributed by atoms with E-state index in [1.54, 1.807) is 6.07 Å². The largest absolute Gasteiger partial charge is 0.351 e. The lowest BCUT2D eigenvalue weighted by Gasteiger charge is -2.22. The summed E-state index contributed by atoms with van der Waals surface area (Å²) < 4.78 is 0. The zero-order valence-electron chi connectivity index (χ0n) is 11.9. The molecule has 106 valence electrons. The number of benzene rings is 1. The fraction of sp³-hybridized carbons (Fsp3) is 0.353. The Labute approximate surface area is 124 Å². The number of anilines is 1. The first kappa shape index (κ1) is 13.6. The summed E-state index contributed by atoms with van der Waals surface area (Å²) in [5, 5.41) is 12.6. The minimum atomic E-state index is 0.405. The monoisotopic (exact) mass is 278 g/mol. The smallest absolute Gasteiger partial charge is 0.224 e. The highest BCUT2D eigenvalue weighted by Gasteiger charge is 2.15. The van der Waals surface area contributed by atoms with Crippen molar-refractivity contribution in [2.75, 3.05) is 5.32 Å². The Kier molecular flexibility index (Phi) is 4.11. The summed E-state index contributed by atoms with van der Waals surface area (Å²) in [5.41, 5.74) is 2.20. The maximum atomic E-state index is 9.17. The van der Waals surface area contributed by atoms with E-state index in [-0.39, 0.29) is 0 Å². The van der Waals surface area contributed by atoms with E-state index in [4.69, 9.17) is 0 Å². The van der Waals surface area contributed by atoms with Crippen molar-refractivity contribution in [2.45, 2.75) is 38.1 Å². The first-order valence-corrected chi connectivity index (χ1v) is 7.46. The van der Waals surface area contributed by atoms with Crippen LogP contribution in [0.4, 0.5) is 5.95 Å². The summed E-state index contributed by atoms with van der Waals surface area (Å²) in [7, 11) is 0. The van der Waals surface area contributed by atoms with Crippen LogP contribution in [-0.4, -0.2) is 16.0 Å². The van der Waals surface area contributed by atoms with Gasteiger partial charge in [0, 0.05) is 17.7 Å². The van der Waals surface area contributed by atoms with Gasteiger partial charge < -0.3 is 5.32 Å². The zero-order valence-corrected chi connectivity index (χ0v) is 11.9. The first-order chi connectivity index (χ1) is 10.3. The Morgan fingerprint density at radius 1 is 1.05 bits per heavy atom. The average Bonchev–Trinajstić information content (AvgIpc) is 2.56. The van der Waals surface area contributed by atoms with Crippen LogP contribution in [0.1, 0.15) is 37.8 Å². The van der Waals surface area contributed by atoms with Gasteiger partial charge >= 0.3 is 0 Å². The van der Waals surface area contributed by atoms with Crippen molar-refractivity contribution >= 4 is 5.95 Å². The van der Waals surface area contributed by atoms with Gasteiger partial charge in [0.2, 0.25) is 5.95 Å². The highest BCUT2D eigenvalue weighted by molar-refractivity contribution is 5.61. The van der Waals surface area contributed by atoms with Gasteiger partial charge in [0.05, 0.1) is 5.69 Å². The van der Waals surface area contributed by atoms with Crippen LogP contribution in [0.3, 0.4) is 0 Å². The third-order valence-electron chi connectivity index (χ3n) is 3.85. The molecule has 1 aliphatic rings.